The number of carbonyl (C=O) groups excluding carboxylic acids is 2. The van der Waals surface area contributed by atoms with Gasteiger partial charge in [0.05, 0.1) is 24.1 Å². The average molecular weight is 467 g/mol. The van der Waals surface area contributed by atoms with Crippen molar-refractivity contribution in [3.8, 4) is 5.75 Å². The van der Waals surface area contributed by atoms with Gasteiger partial charge in [-0.2, -0.15) is 10.2 Å². The fourth-order valence-electron chi connectivity index (χ4n) is 4.66. The molecule has 4 aromatic rings. The summed E-state index contributed by atoms with van der Waals surface area (Å²) in [6.45, 7) is 1.06. The number of carbonyl (C=O) groups is 2. The summed E-state index contributed by atoms with van der Waals surface area (Å²) in [5, 5.41) is 17.8. The monoisotopic (exact) mass is 466 g/mol. The zero-order valence-electron chi connectivity index (χ0n) is 18.7. The van der Waals surface area contributed by atoms with Crippen LogP contribution >= 0.6 is 0 Å². The summed E-state index contributed by atoms with van der Waals surface area (Å²) in [7, 11) is 0. The maximum atomic E-state index is 12.9. The zero-order valence-corrected chi connectivity index (χ0v) is 18.7. The van der Waals surface area contributed by atoms with Crippen molar-refractivity contribution in [1.29, 1.82) is 0 Å². The Hall–Kier alpha value is -4.53. The predicted octanol–water partition coefficient (Wildman–Crippen LogP) is 3.15. The summed E-state index contributed by atoms with van der Waals surface area (Å²) >= 11 is 0. The third kappa shape index (κ3) is 3.90. The Balaban J connectivity index is 1.07. The molecule has 6 rings (SSSR count). The predicted molar refractivity (Wildman–Crippen MR) is 128 cm³/mol. The van der Waals surface area contributed by atoms with Crippen molar-refractivity contribution < 1.29 is 14.3 Å². The number of nitrogens with one attached hydrogen (secondary N) is 2. The lowest BCUT2D eigenvalue weighted by Gasteiger charge is -2.10. The molecule has 35 heavy (non-hydrogen) atoms. The lowest BCUT2D eigenvalue weighted by molar-refractivity contribution is -0.122. The molecule has 1 spiro atoms. The number of anilines is 2. The second-order valence-electron chi connectivity index (χ2n) is 8.80. The summed E-state index contributed by atoms with van der Waals surface area (Å²) in [6.07, 6.45) is 5.66. The van der Waals surface area contributed by atoms with Gasteiger partial charge in [-0.15, -0.1) is 5.10 Å². The van der Waals surface area contributed by atoms with Crippen molar-refractivity contribution >= 4 is 23.3 Å². The van der Waals surface area contributed by atoms with Crippen LogP contribution in [-0.2, 0) is 28.2 Å². The lowest BCUT2D eigenvalue weighted by atomic mass is 9.94. The number of hydrogen-bond acceptors (Lipinski definition) is 6. The van der Waals surface area contributed by atoms with Gasteiger partial charge in [0.25, 0.3) is 0 Å². The van der Waals surface area contributed by atoms with Crippen LogP contribution in [0.15, 0.2) is 79.3 Å². The summed E-state index contributed by atoms with van der Waals surface area (Å²) in [6, 6.07) is 19.1. The first-order valence-corrected chi connectivity index (χ1v) is 11.3. The fourth-order valence-corrected chi connectivity index (χ4v) is 4.66. The maximum absolute atomic E-state index is 12.9. The molecule has 2 amide bonds. The normalized spacial score (nSPS) is 19.8. The van der Waals surface area contributed by atoms with E-state index in [1.807, 2.05) is 65.5 Å². The van der Waals surface area contributed by atoms with Crippen LogP contribution < -0.4 is 15.4 Å². The quantitative estimate of drug-likeness (QED) is 0.433. The van der Waals surface area contributed by atoms with Crippen molar-refractivity contribution in [3.05, 3.63) is 95.9 Å². The van der Waals surface area contributed by atoms with Crippen LogP contribution in [0.25, 0.3) is 0 Å². The summed E-state index contributed by atoms with van der Waals surface area (Å²) in [5.41, 5.74) is 3.01. The smallest absolute Gasteiger partial charge is 0.235 e. The Morgan fingerprint density at radius 2 is 1.97 bits per heavy atom. The highest BCUT2D eigenvalue weighted by Crippen LogP contribution is 2.60. The van der Waals surface area contributed by atoms with Gasteiger partial charge in [0.15, 0.2) is 5.82 Å². The number of fused-ring (bicyclic) bond motifs is 2. The third-order valence-electron chi connectivity index (χ3n) is 6.55. The highest BCUT2D eigenvalue weighted by molar-refractivity contribution is 6.14. The average Bonchev–Trinajstić information content (AvgIpc) is 3.31. The van der Waals surface area contributed by atoms with Gasteiger partial charge < -0.3 is 15.4 Å². The lowest BCUT2D eigenvalue weighted by Crippen LogP contribution is -2.27. The van der Waals surface area contributed by atoms with E-state index in [1.54, 1.807) is 12.3 Å². The van der Waals surface area contributed by atoms with E-state index in [2.05, 4.69) is 25.9 Å². The molecule has 9 nitrogen and oxygen atoms in total. The van der Waals surface area contributed by atoms with E-state index in [4.69, 9.17) is 4.74 Å². The van der Waals surface area contributed by atoms with Crippen molar-refractivity contribution in [2.75, 3.05) is 10.6 Å². The number of aromatic nitrogens is 4. The minimum absolute atomic E-state index is 0.127. The van der Waals surface area contributed by atoms with E-state index >= 15 is 0 Å². The van der Waals surface area contributed by atoms with Gasteiger partial charge in [0, 0.05) is 24.1 Å². The van der Waals surface area contributed by atoms with E-state index in [-0.39, 0.29) is 17.6 Å². The maximum Gasteiger partial charge on any atom is 0.235 e. The molecule has 1 saturated carbocycles. The molecular formula is C26H22N6O3. The number of para-hydroxylation sites is 1. The first kappa shape index (κ1) is 21.0. The standard InChI is InChI=1S/C26H22N6O3/c33-24(21-13-26(21)20-4-1-2-5-22(20)29-25(26)34)30-23-12-19(14-27-31-23)35-16-18-8-6-17(7-9-18)15-32-11-3-10-28-32/h1-12,14,21H,13,15-16H2,(H,29,34)(H,30,31,33). The van der Waals surface area contributed by atoms with E-state index in [0.717, 1.165) is 22.4 Å². The highest BCUT2D eigenvalue weighted by Gasteiger charge is 2.67. The molecule has 2 aromatic heterocycles. The Morgan fingerprint density at radius 1 is 1.14 bits per heavy atom. The molecule has 2 unspecified atom stereocenters. The largest absolute Gasteiger partial charge is 0.487 e. The SMILES string of the molecule is O=C(Nc1cc(OCc2ccc(Cn3cccn3)cc2)cnn1)C1CC12C(=O)Nc1ccccc12. The number of benzene rings is 2. The minimum Gasteiger partial charge on any atom is -0.487 e. The molecule has 2 aliphatic rings. The number of rotatable bonds is 7. The second-order valence-corrected chi connectivity index (χ2v) is 8.80. The fraction of sp³-hybridized carbons (Fsp3) is 0.192. The Labute approximate surface area is 201 Å². The van der Waals surface area contributed by atoms with E-state index < -0.39 is 11.3 Å². The number of ether oxygens (including phenoxy) is 1. The number of nitrogens with zero attached hydrogens (tertiary/aromatic N) is 4. The minimum atomic E-state index is -0.786. The van der Waals surface area contributed by atoms with Gasteiger partial charge in [0.2, 0.25) is 11.8 Å². The van der Waals surface area contributed by atoms with E-state index in [0.29, 0.717) is 25.3 Å². The molecule has 0 radical (unpaired) electrons. The van der Waals surface area contributed by atoms with Gasteiger partial charge in [-0.25, -0.2) is 0 Å². The van der Waals surface area contributed by atoms with Gasteiger partial charge in [-0.3, -0.25) is 14.3 Å². The Morgan fingerprint density at radius 3 is 2.80 bits per heavy atom. The van der Waals surface area contributed by atoms with Crippen LogP contribution in [-0.4, -0.2) is 31.8 Å². The molecule has 1 aliphatic carbocycles. The summed E-state index contributed by atoms with van der Waals surface area (Å²) in [4.78, 5) is 25.5. The van der Waals surface area contributed by atoms with Crippen LogP contribution in [0.3, 0.4) is 0 Å². The van der Waals surface area contributed by atoms with E-state index in [1.165, 1.54) is 6.20 Å². The molecule has 1 aliphatic heterocycles. The van der Waals surface area contributed by atoms with Gasteiger partial charge in [0.1, 0.15) is 12.4 Å². The van der Waals surface area contributed by atoms with Crippen LogP contribution in [0.5, 0.6) is 5.75 Å². The Bertz CT molecular complexity index is 1400. The van der Waals surface area contributed by atoms with E-state index in [9.17, 15) is 9.59 Å². The second kappa shape index (κ2) is 8.35. The third-order valence-corrected chi connectivity index (χ3v) is 6.55. The zero-order chi connectivity index (χ0) is 23.8. The van der Waals surface area contributed by atoms with Crippen LogP contribution in [0.4, 0.5) is 11.5 Å². The van der Waals surface area contributed by atoms with Gasteiger partial charge in [-0.1, -0.05) is 42.5 Å². The molecule has 2 N–H and O–H groups in total. The molecule has 174 valence electrons. The number of hydrogen-bond donors (Lipinski definition) is 2. The Kier molecular flexibility index (Phi) is 5.02. The highest BCUT2D eigenvalue weighted by atomic mass is 16.5. The summed E-state index contributed by atoms with van der Waals surface area (Å²) < 4.78 is 7.72. The van der Waals surface area contributed by atoms with Crippen LogP contribution in [0, 0.1) is 5.92 Å². The first-order chi connectivity index (χ1) is 17.1. The molecule has 0 saturated heterocycles. The molecular weight excluding hydrogens is 444 g/mol. The van der Waals surface area contributed by atoms with Crippen LogP contribution in [0.1, 0.15) is 23.1 Å². The van der Waals surface area contributed by atoms with Gasteiger partial charge >= 0.3 is 0 Å². The number of amides is 2. The molecule has 2 atom stereocenters. The molecule has 1 fully saturated rings. The van der Waals surface area contributed by atoms with Crippen molar-refractivity contribution in [2.24, 2.45) is 5.92 Å². The van der Waals surface area contributed by atoms with Crippen LogP contribution in [0.2, 0.25) is 0 Å². The molecule has 0 bridgehead atoms. The van der Waals surface area contributed by atoms with Crippen molar-refractivity contribution in [1.82, 2.24) is 20.0 Å². The topological polar surface area (TPSA) is 111 Å². The van der Waals surface area contributed by atoms with Crippen molar-refractivity contribution in [2.45, 2.75) is 25.0 Å². The molecule has 3 heterocycles. The molecule has 9 heteroatoms. The summed E-state index contributed by atoms with van der Waals surface area (Å²) in [5.74, 6) is -0.0484. The molecule has 2 aromatic carbocycles. The van der Waals surface area contributed by atoms with Gasteiger partial charge in [-0.05, 0) is 35.2 Å². The first-order valence-electron chi connectivity index (χ1n) is 11.3. The van der Waals surface area contributed by atoms with Crippen molar-refractivity contribution in [3.63, 3.8) is 0 Å².